The predicted octanol–water partition coefficient (Wildman–Crippen LogP) is 2.48. The van der Waals surface area contributed by atoms with Crippen molar-refractivity contribution in [1.82, 2.24) is 10.2 Å². The molecule has 0 aromatic carbocycles. The van der Waals surface area contributed by atoms with E-state index in [1.165, 1.54) is 19.3 Å². The third-order valence-electron chi connectivity index (χ3n) is 5.22. The van der Waals surface area contributed by atoms with Gasteiger partial charge in [-0.15, -0.1) is 0 Å². The molecule has 4 heteroatoms. The summed E-state index contributed by atoms with van der Waals surface area (Å²) in [4.78, 5) is 14.3. The average Bonchev–Trinajstić information content (AvgIpc) is 2.64. The summed E-state index contributed by atoms with van der Waals surface area (Å²) in [6.07, 6.45) is 7.57. The fourth-order valence-corrected chi connectivity index (χ4v) is 3.98. The van der Waals surface area contributed by atoms with Crippen LogP contribution in [0.2, 0.25) is 0 Å². The van der Waals surface area contributed by atoms with Gasteiger partial charge in [-0.25, -0.2) is 0 Å². The van der Waals surface area contributed by atoms with Gasteiger partial charge >= 0.3 is 5.97 Å². The van der Waals surface area contributed by atoms with Gasteiger partial charge < -0.3 is 15.3 Å². The standard InChI is InChI=1S/C16H30N2O2/c1-3-17-16(15(19)20)9-4-7-14(12-16)18-10-5-6-13(2)8-11-18/h13-14,17H,3-12H2,1-2H3,(H,19,20). The smallest absolute Gasteiger partial charge is 0.323 e. The topological polar surface area (TPSA) is 52.6 Å². The summed E-state index contributed by atoms with van der Waals surface area (Å²) < 4.78 is 0. The van der Waals surface area contributed by atoms with Crippen LogP contribution in [0.5, 0.6) is 0 Å². The Bertz CT molecular complexity index is 330. The molecule has 1 aliphatic heterocycles. The normalized spacial score (nSPS) is 36.5. The number of rotatable bonds is 4. The molecule has 0 radical (unpaired) electrons. The molecule has 3 unspecified atom stereocenters. The summed E-state index contributed by atoms with van der Waals surface area (Å²) in [5, 5.41) is 12.9. The van der Waals surface area contributed by atoms with Crippen molar-refractivity contribution < 1.29 is 9.90 Å². The Labute approximate surface area is 122 Å². The zero-order chi connectivity index (χ0) is 14.6. The summed E-state index contributed by atoms with van der Waals surface area (Å²) in [6.45, 7) is 7.37. The van der Waals surface area contributed by atoms with Crippen molar-refractivity contribution in [3.05, 3.63) is 0 Å². The summed E-state index contributed by atoms with van der Waals surface area (Å²) in [5.41, 5.74) is -0.685. The highest BCUT2D eigenvalue weighted by Crippen LogP contribution is 2.33. The van der Waals surface area contributed by atoms with Crippen LogP contribution in [-0.2, 0) is 4.79 Å². The van der Waals surface area contributed by atoms with Crippen LogP contribution in [-0.4, -0.2) is 47.2 Å². The van der Waals surface area contributed by atoms with Crippen molar-refractivity contribution in [1.29, 1.82) is 0 Å². The second-order valence-corrected chi connectivity index (χ2v) is 6.74. The molecule has 116 valence electrons. The van der Waals surface area contributed by atoms with E-state index < -0.39 is 11.5 Å². The number of carboxylic acid groups (broad SMARTS) is 1. The second kappa shape index (κ2) is 6.90. The van der Waals surface area contributed by atoms with Gasteiger partial charge in [0, 0.05) is 6.04 Å². The van der Waals surface area contributed by atoms with E-state index in [9.17, 15) is 9.90 Å². The molecule has 2 aliphatic rings. The molecule has 0 spiro atoms. The third kappa shape index (κ3) is 3.53. The predicted molar refractivity (Wildman–Crippen MR) is 80.9 cm³/mol. The fraction of sp³-hybridized carbons (Fsp3) is 0.938. The lowest BCUT2D eigenvalue weighted by atomic mass is 9.78. The molecule has 1 aliphatic carbocycles. The van der Waals surface area contributed by atoms with Gasteiger partial charge in [0.05, 0.1) is 0 Å². The lowest BCUT2D eigenvalue weighted by Crippen LogP contribution is -2.58. The molecule has 2 rings (SSSR count). The number of likely N-dealkylation sites (tertiary alicyclic amines) is 1. The molecule has 0 aromatic heterocycles. The maximum absolute atomic E-state index is 11.7. The van der Waals surface area contributed by atoms with E-state index >= 15 is 0 Å². The molecule has 0 amide bonds. The van der Waals surface area contributed by atoms with Gasteiger partial charge in [0.25, 0.3) is 0 Å². The first-order chi connectivity index (χ1) is 9.57. The first-order valence-corrected chi connectivity index (χ1v) is 8.30. The highest BCUT2D eigenvalue weighted by Gasteiger charge is 2.43. The van der Waals surface area contributed by atoms with Gasteiger partial charge in [0.2, 0.25) is 0 Å². The molecule has 0 bridgehead atoms. The van der Waals surface area contributed by atoms with Crippen LogP contribution in [0.3, 0.4) is 0 Å². The molecule has 1 saturated carbocycles. The van der Waals surface area contributed by atoms with Gasteiger partial charge in [-0.3, -0.25) is 4.79 Å². The molecule has 1 heterocycles. The molecule has 4 nitrogen and oxygen atoms in total. The van der Waals surface area contributed by atoms with E-state index in [0.29, 0.717) is 6.04 Å². The van der Waals surface area contributed by atoms with Crippen molar-refractivity contribution in [3.8, 4) is 0 Å². The van der Waals surface area contributed by atoms with Gasteiger partial charge in [-0.05, 0) is 70.5 Å². The number of likely N-dealkylation sites (N-methyl/N-ethyl adjacent to an activating group) is 1. The molecule has 1 saturated heterocycles. The number of aliphatic carboxylic acids is 1. The van der Waals surface area contributed by atoms with Crippen molar-refractivity contribution in [2.24, 2.45) is 5.92 Å². The Hall–Kier alpha value is -0.610. The number of carboxylic acids is 1. The first kappa shape index (κ1) is 15.8. The zero-order valence-electron chi connectivity index (χ0n) is 13.0. The molecule has 3 atom stereocenters. The summed E-state index contributed by atoms with van der Waals surface area (Å²) >= 11 is 0. The van der Waals surface area contributed by atoms with Crippen LogP contribution >= 0.6 is 0 Å². The fourth-order valence-electron chi connectivity index (χ4n) is 3.98. The van der Waals surface area contributed by atoms with Crippen molar-refractivity contribution in [3.63, 3.8) is 0 Å². The van der Waals surface area contributed by atoms with Gasteiger partial charge in [0.15, 0.2) is 0 Å². The summed E-state index contributed by atoms with van der Waals surface area (Å²) in [7, 11) is 0. The van der Waals surface area contributed by atoms with Crippen LogP contribution in [0.25, 0.3) is 0 Å². The van der Waals surface area contributed by atoms with Crippen LogP contribution in [0, 0.1) is 5.92 Å². The number of carbonyl (C=O) groups is 1. The number of nitrogens with zero attached hydrogens (tertiary/aromatic N) is 1. The number of hydrogen-bond acceptors (Lipinski definition) is 3. The van der Waals surface area contributed by atoms with E-state index in [-0.39, 0.29) is 0 Å². The second-order valence-electron chi connectivity index (χ2n) is 6.74. The van der Waals surface area contributed by atoms with Gasteiger partial charge in [-0.2, -0.15) is 0 Å². The largest absolute Gasteiger partial charge is 0.480 e. The molecule has 2 fully saturated rings. The molecule has 2 N–H and O–H groups in total. The summed E-state index contributed by atoms with van der Waals surface area (Å²) in [6, 6.07) is 0.448. The Kier molecular flexibility index (Phi) is 5.44. The van der Waals surface area contributed by atoms with E-state index in [4.69, 9.17) is 0 Å². The minimum atomic E-state index is -0.685. The third-order valence-corrected chi connectivity index (χ3v) is 5.22. The highest BCUT2D eigenvalue weighted by molar-refractivity contribution is 5.79. The molecular weight excluding hydrogens is 252 g/mol. The lowest BCUT2D eigenvalue weighted by Gasteiger charge is -2.42. The Morgan fingerprint density at radius 3 is 2.80 bits per heavy atom. The van der Waals surface area contributed by atoms with Crippen LogP contribution in [0.15, 0.2) is 0 Å². The quantitative estimate of drug-likeness (QED) is 0.832. The highest BCUT2D eigenvalue weighted by atomic mass is 16.4. The van der Waals surface area contributed by atoms with Crippen LogP contribution < -0.4 is 5.32 Å². The molecular formula is C16H30N2O2. The minimum Gasteiger partial charge on any atom is -0.480 e. The lowest BCUT2D eigenvalue weighted by molar-refractivity contribution is -0.147. The molecule has 0 aromatic rings. The van der Waals surface area contributed by atoms with Crippen molar-refractivity contribution in [2.45, 2.75) is 70.4 Å². The Balaban J connectivity index is 2.03. The molecule has 20 heavy (non-hydrogen) atoms. The van der Waals surface area contributed by atoms with Gasteiger partial charge in [-0.1, -0.05) is 13.8 Å². The van der Waals surface area contributed by atoms with E-state index in [1.807, 2.05) is 6.92 Å². The summed E-state index contributed by atoms with van der Waals surface area (Å²) in [5.74, 6) is 0.161. The first-order valence-electron chi connectivity index (χ1n) is 8.30. The van der Waals surface area contributed by atoms with Crippen LogP contribution in [0.1, 0.15) is 58.8 Å². The number of nitrogens with one attached hydrogen (secondary N) is 1. The van der Waals surface area contributed by atoms with E-state index in [0.717, 1.165) is 51.2 Å². The Morgan fingerprint density at radius 2 is 2.10 bits per heavy atom. The van der Waals surface area contributed by atoms with Crippen LogP contribution in [0.4, 0.5) is 0 Å². The van der Waals surface area contributed by atoms with Gasteiger partial charge in [0.1, 0.15) is 5.54 Å². The monoisotopic (exact) mass is 282 g/mol. The maximum atomic E-state index is 11.7. The van der Waals surface area contributed by atoms with E-state index in [2.05, 4.69) is 17.1 Å². The minimum absolute atomic E-state index is 0.448. The average molecular weight is 282 g/mol. The Morgan fingerprint density at radius 1 is 1.30 bits per heavy atom. The maximum Gasteiger partial charge on any atom is 0.323 e. The van der Waals surface area contributed by atoms with Crippen molar-refractivity contribution in [2.75, 3.05) is 19.6 Å². The van der Waals surface area contributed by atoms with E-state index in [1.54, 1.807) is 0 Å². The number of hydrogen-bond donors (Lipinski definition) is 2. The van der Waals surface area contributed by atoms with Crippen molar-refractivity contribution >= 4 is 5.97 Å². The zero-order valence-corrected chi connectivity index (χ0v) is 13.0. The SMILES string of the molecule is CCNC1(C(=O)O)CCCC(N2CCCC(C)CC2)C1.